The molecule has 0 radical (unpaired) electrons. The molecule has 2 heteroatoms. The van der Waals surface area contributed by atoms with Crippen molar-refractivity contribution in [3.8, 4) is 0 Å². The Hall–Kier alpha value is -0.340. The Morgan fingerprint density at radius 1 is 1.20 bits per heavy atom. The fourth-order valence-corrected chi connectivity index (χ4v) is 7.33. The SMILES string of the molecule is Cc1cc(C(O)C23CC4CC(CC(C)(C4)C2)C3)c(C)s1. The monoisotopic (exact) mass is 290 g/mol. The third-order valence-electron chi connectivity index (χ3n) is 6.35. The van der Waals surface area contributed by atoms with Crippen molar-refractivity contribution in [1.82, 2.24) is 0 Å². The highest BCUT2D eigenvalue weighted by atomic mass is 32.1. The summed E-state index contributed by atoms with van der Waals surface area (Å²) in [4.78, 5) is 2.67. The van der Waals surface area contributed by atoms with Crippen LogP contribution in [-0.2, 0) is 0 Å². The van der Waals surface area contributed by atoms with Crippen molar-refractivity contribution in [2.24, 2.45) is 22.7 Å². The van der Waals surface area contributed by atoms with E-state index in [1.165, 1.54) is 53.8 Å². The molecule has 1 N–H and O–H groups in total. The van der Waals surface area contributed by atoms with Gasteiger partial charge in [0.1, 0.15) is 0 Å². The Morgan fingerprint density at radius 2 is 1.85 bits per heavy atom. The van der Waals surface area contributed by atoms with Crippen molar-refractivity contribution in [1.29, 1.82) is 0 Å². The molecule has 0 aliphatic heterocycles. The van der Waals surface area contributed by atoms with Gasteiger partial charge < -0.3 is 5.11 Å². The molecule has 4 bridgehead atoms. The van der Waals surface area contributed by atoms with E-state index in [2.05, 4.69) is 26.8 Å². The van der Waals surface area contributed by atoms with Crippen molar-refractivity contribution in [3.05, 3.63) is 21.4 Å². The zero-order valence-electron chi connectivity index (χ0n) is 12.9. The molecular formula is C18H26OS. The van der Waals surface area contributed by atoms with E-state index in [9.17, 15) is 5.11 Å². The first-order valence-corrected chi connectivity index (χ1v) is 8.96. The summed E-state index contributed by atoms with van der Waals surface area (Å²) in [6, 6.07) is 2.24. The van der Waals surface area contributed by atoms with E-state index < -0.39 is 0 Å². The maximum absolute atomic E-state index is 11.2. The van der Waals surface area contributed by atoms with Crippen LogP contribution in [0.1, 0.15) is 66.9 Å². The first-order chi connectivity index (χ1) is 9.39. The van der Waals surface area contributed by atoms with Gasteiger partial charge in [0.2, 0.25) is 0 Å². The van der Waals surface area contributed by atoms with Gasteiger partial charge >= 0.3 is 0 Å². The van der Waals surface area contributed by atoms with E-state index >= 15 is 0 Å². The highest BCUT2D eigenvalue weighted by Crippen LogP contribution is 2.68. The smallest absolute Gasteiger partial charge is 0.0857 e. The Balaban J connectivity index is 1.72. The lowest BCUT2D eigenvalue weighted by Gasteiger charge is -2.62. The average Bonchev–Trinajstić information content (AvgIpc) is 2.64. The van der Waals surface area contributed by atoms with Crippen LogP contribution < -0.4 is 0 Å². The van der Waals surface area contributed by atoms with Crippen molar-refractivity contribution in [2.75, 3.05) is 0 Å². The van der Waals surface area contributed by atoms with Crippen molar-refractivity contribution >= 4 is 11.3 Å². The third kappa shape index (κ3) is 1.84. The number of thiophene rings is 1. The van der Waals surface area contributed by atoms with Crippen LogP contribution in [0.5, 0.6) is 0 Å². The number of rotatable bonds is 2. The number of hydrogen-bond donors (Lipinski definition) is 1. The molecule has 1 nitrogen and oxygen atoms in total. The van der Waals surface area contributed by atoms with Crippen LogP contribution >= 0.6 is 11.3 Å². The second-order valence-corrected chi connectivity index (χ2v) is 9.87. The number of aryl methyl sites for hydroxylation is 2. The number of hydrogen-bond acceptors (Lipinski definition) is 2. The predicted molar refractivity (Wildman–Crippen MR) is 84.0 cm³/mol. The van der Waals surface area contributed by atoms with Gasteiger partial charge in [0.05, 0.1) is 6.10 Å². The minimum atomic E-state index is -0.224. The second-order valence-electron chi connectivity index (χ2n) is 8.41. The van der Waals surface area contributed by atoms with E-state index in [0.29, 0.717) is 5.41 Å². The van der Waals surface area contributed by atoms with Gasteiger partial charge in [-0.05, 0) is 81.3 Å². The molecule has 4 fully saturated rings. The van der Waals surface area contributed by atoms with Gasteiger partial charge in [-0.15, -0.1) is 11.3 Å². The molecule has 1 aromatic rings. The lowest BCUT2D eigenvalue weighted by Crippen LogP contribution is -2.53. The van der Waals surface area contributed by atoms with Crippen molar-refractivity contribution < 1.29 is 5.11 Å². The summed E-state index contributed by atoms with van der Waals surface area (Å²) < 4.78 is 0. The van der Waals surface area contributed by atoms with Crippen LogP contribution in [-0.4, -0.2) is 5.11 Å². The molecule has 1 heterocycles. The van der Waals surface area contributed by atoms with Crippen LogP contribution in [0.25, 0.3) is 0 Å². The summed E-state index contributed by atoms with van der Waals surface area (Å²) in [6.45, 7) is 6.82. The predicted octanol–water partition coefficient (Wildman–Crippen LogP) is 5.00. The van der Waals surface area contributed by atoms with E-state index in [1.807, 2.05) is 11.3 Å². The summed E-state index contributed by atoms with van der Waals surface area (Å²) in [5, 5.41) is 11.2. The van der Waals surface area contributed by atoms with Gasteiger partial charge in [-0.2, -0.15) is 0 Å². The Morgan fingerprint density at radius 3 is 2.35 bits per heavy atom. The van der Waals surface area contributed by atoms with Gasteiger partial charge in [-0.25, -0.2) is 0 Å². The zero-order valence-corrected chi connectivity index (χ0v) is 13.7. The fourth-order valence-electron chi connectivity index (χ4n) is 6.37. The highest BCUT2D eigenvalue weighted by molar-refractivity contribution is 7.12. The molecule has 0 aromatic carbocycles. The van der Waals surface area contributed by atoms with Crippen molar-refractivity contribution in [2.45, 2.75) is 65.4 Å². The minimum absolute atomic E-state index is 0.192. The molecule has 1 aromatic heterocycles. The molecule has 0 saturated heterocycles. The van der Waals surface area contributed by atoms with Crippen LogP contribution in [0.15, 0.2) is 6.07 Å². The summed E-state index contributed by atoms with van der Waals surface area (Å²) in [7, 11) is 0. The number of aliphatic hydroxyl groups excluding tert-OH is 1. The molecule has 3 atom stereocenters. The Bertz CT molecular complexity index is 530. The van der Waals surface area contributed by atoms with Gasteiger partial charge in [0.25, 0.3) is 0 Å². The number of aliphatic hydroxyl groups is 1. The molecule has 110 valence electrons. The van der Waals surface area contributed by atoms with Crippen LogP contribution in [0.4, 0.5) is 0 Å². The largest absolute Gasteiger partial charge is 0.388 e. The van der Waals surface area contributed by atoms with Gasteiger partial charge in [-0.1, -0.05) is 6.92 Å². The minimum Gasteiger partial charge on any atom is -0.388 e. The topological polar surface area (TPSA) is 20.2 Å². The van der Waals surface area contributed by atoms with Gasteiger partial charge in [0, 0.05) is 15.2 Å². The van der Waals surface area contributed by atoms with E-state index in [0.717, 1.165) is 11.8 Å². The second kappa shape index (κ2) is 4.10. The van der Waals surface area contributed by atoms with E-state index in [4.69, 9.17) is 0 Å². The summed E-state index contributed by atoms with van der Waals surface area (Å²) in [6.07, 6.45) is 7.84. The first-order valence-electron chi connectivity index (χ1n) is 8.14. The first kappa shape index (κ1) is 13.3. The molecule has 0 amide bonds. The standard InChI is InChI=1S/C18H26OS/c1-11-4-15(12(2)20-11)16(19)18-8-13-5-14(9-18)7-17(3,6-13)10-18/h4,13-14,16,19H,5-10H2,1-3H3. The fraction of sp³-hybridized carbons (Fsp3) is 0.778. The molecule has 4 aliphatic carbocycles. The maximum Gasteiger partial charge on any atom is 0.0857 e. The third-order valence-corrected chi connectivity index (χ3v) is 7.33. The lowest BCUT2D eigenvalue weighted by atomic mass is 9.43. The summed E-state index contributed by atoms with van der Waals surface area (Å²) >= 11 is 1.84. The van der Waals surface area contributed by atoms with Crippen molar-refractivity contribution in [3.63, 3.8) is 0 Å². The molecule has 20 heavy (non-hydrogen) atoms. The lowest BCUT2D eigenvalue weighted by molar-refractivity contribution is -0.155. The van der Waals surface area contributed by atoms with Crippen LogP contribution in [0, 0.1) is 36.5 Å². The van der Waals surface area contributed by atoms with Crippen LogP contribution in [0.2, 0.25) is 0 Å². The average molecular weight is 290 g/mol. The summed E-state index contributed by atoms with van der Waals surface area (Å²) in [5.74, 6) is 1.77. The van der Waals surface area contributed by atoms with Gasteiger partial charge in [0.15, 0.2) is 0 Å². The van der Waals surface area contributed by atoms with Crippen LogP contribution in [0.3, 0.4) is 0 Å². The Labute approximate surface area is 126 Å². The normalized spacial score (nSPS) is 44.0. The van der Waals surface area contributed by atoms with Gasteiger partial charge in [-0.3, -0.25) is 0 Å². The molecule has 5 rings (SSSR count). The highest BCUT2D eigenvalue weighted by Gasteiger charge is 2.58. The summed E-state index contributed by atoms with van der Waals surface area (Å²) in [5.41, 5.74) is 1.94. The molecular weight excluding hydrogens is 264 g/mol. The zero-order chi connectivity index (χ0) is 14.1. The quantitative estimate of drug-likeness (QED) is 0.812. The molecule has 4 saturated carbocycles. The van der Waals surface area contributed by atoms with E-state index in [1.54, 1.807) is 0 Å². The maximum atomic E-state index is 11.2. The molecule has 3 unspecified atom stereocenters. The molecule has 0 spiro atoms. The Kier molecular flexibility index (Phi) is 2.74. The molecule has 4 aliphatic rings. The van der Waals surface area contributed by atoms with E-state index in [-0.39, 0.29) is 11.5 Å².